The molecule has 0 heterocycles. The molecule has 0 atom stereocenters. The molecule has 11 heavy (non-hydrogen) atoms. The second-order valence-electron chi connectivity index (χ2n) is 2.73. The molecule has 0 aliphatic rings. The first kappa shape index (κ1) is 18.9. The summed E-state index contributed by atoms with van der Waals surface area (Å²) in [6.07, 6.45) is 10.7. The van der Waals surface area contributed by atoms with Crippen LogP contribution >= 0.6 is 0 Å². The summed E-state index contributed by atoms with van der Waals surface area (Å²) in [6, 6.07) is 0. The van der Waals surface area contributed by atoms with Gasteiger partial charge in [0, 0.05) is 6.42 Å². The van der Waals surface area contributed by atoms with E-state index in [2.05, 4.69) is 25.0 Å². The van der Waals surface area contributed by atoms with Gasteiger partial charge in [-0.25, -0.2) is 0 Å². The average Bonchev–Trinajstić information content (AvgIpc) is 1.63. The molecule has 0 aromatic rings. The lowest BCUT2D eigenvalue weighted by Gasteiger charge is -1.95. The zero-order valence-electron chi connectivity index (χ0n) is 7.69. The van der Waals surface area contributed by atoms with E-state index in [-0.39, 0.29) is 48.0 Å². The van der Waals surface area contributed by atoms with Gasteiger partial charge in [-0.15, -0.1) is 0 Å². The van der Waals surface area contributed by atoms with E-state index < -0.39 is 0 Å². The minimum absolute atomic E-state index is 0. The summed E-state index contributed by atoms with van der Waals surface area (Å²) in [4.78, 5) is 0. The normalized spacial score (nSPS) is 9.27. The molecule has 0 fully saturated rings. The highest BCUT2D eigenvalue weighted by molar-refractivity contribution is 7.96. The van der Waals surface area contributed by atoms with Crippen molar-refractivity contribution in [2.45, 2.75) is 6.42 Å². The molecule has 0 unspecified atom stereocenters. The van der Waals surface area contributed by atoms with Crippen LogP contribution in [0.3, 0.4) is 0 Å². The van der Waals surface area contributed by atoms with E-state index in [4.69, 9.17) is 0 Å². The fourth-order valence-electron chi connectivity index (χ4n) is 0.636. The van der Waals surface area contributed by atoms with Crippen molar-refractivity contribution < 1.29 is 48.0 Å². The summed E-state index contributed by atoms with van der Waals surface area (Å²) in [5.74, 6) is 2.87. The number of hydrogen-bond donors (Lipinski definition) is 0. The third-order valence-corrected chi connectivity index (χ3v) is 3.32. The first-order chi connectivity index (χ1) is 4.13. The van der Waals surface area contributed by atoms with Crippen molar-refractivity contribution in [1.82, 2.24) is 0 Å². The van der Waals surface area contributed by atoms with Crippen molar-refractivity contribution in [3.05, 3.63) is 0 Å². The van der Waals surface area contributed by atoms with Gasteiger partial charge < -0.3 is 48.0 Å². The van der Waals surface area contributed by atoms with Gasteiger partial charge in [0.15, 0.2) is 0 Å². The van der Waals surface area contributed by atoms with Crippen molar-refractivity contribution in [1.29, 1.82) is 0 Å². The standard InChI is InChI=1S/C7H18S2.2HI/c1-8(2)6-5-7-9(3)4;;/h5-7H2,1-4H3;2*1H/q+2;;/p-2. The molecule has 4 heteroatoms. The first-order valence-corrected chi connectivity index (χ1v) is 7.63. The smallest absolute Gasteiger partial charge is 0.112 e. The fourth-order valence-corrected chi connectivity index (χ4v) is 2.26. The van der Waals surface area contributed by atoms with Crippen LogP contribution in [0.5, 0.6) is 0 Å². The van der Waals surface area contributed by atoms with Gasteiger partial charge in [-0.05, 0) is 21.8 Å². The van der Waals surface area contributed by atoms with E-state index in [1.54, 1.807) is 0 Å². The van der Waals surface area contributed by atoms with Crippen molar-refractivity contribution in [3.8, 4) is 0 Å². The Bertz CT molecular complexity index is 59.5. The molecule has 0 bridgehead atoms. The lowest BCUT2D eigenvalue weighted by molar-refractivity contribution is -0.00100. The monoisotopic (exact) mass is 420 g/mol. The molecule has 0 radical (unpaired) electrons. The van der Waals surface area contributed by atoms with Crippen LogP contribution in [-0.4, -0.2) is 36.5 Å². The number of hydrogen-bond acceptors (Lipinski definition) is 0. The van der Waals surface area contributed by atoms with Crippen LogP contribution in [0.15, 0.2) is 0 Å². The van der Waals surface area contributed by atoms with E-state index in [0.29, 0.717) is 21.8 Å². The van der Waals surface area contributed by atoms with Crippen molar-refractivity contribution >= 4 is 21.8 Å². The lowest BCUT2D eigenvalue weighted by atomic mass is 10.6. The Morgan fingerprint density at radius 2 is 1.00 bits per heavy atom. The summed E-state index contributed by atoms with van der Waals surface area (Å²) >= 11 is 0. The van der Waals surface area contributed by atoms with Crippen molar-refractivity contribution in [3.63, 3.8) is 0 Å². The number of rotatable bonds is 4. The van der Waals surface area contributed by atoms with E-state index in [9.17, 15) is 0 Å². The molecular weight excluding hydrogens is 402 g/mol. The molecule has 0 spiro atoms. The molecule has 0 aliphatic heterocycles. The van der Waals surface area contributed by atoms with Crippen LogP contribution in [0, 0.1) is 0 Å². The van der Waals surface area contributed by atoms with E-state index in [1.165, 1.54) is 17.9 Å². The summed E-state index contributed by atoms with van der Waals surface area (Å²) in [5.41, 5.74) is 0. The molecule has 0 nitrogen and oxygen atoms in total. The third kappa shape index (κ3) is 18.9. The Balaban J connectivity index is -0.000000320. The molecule has 0 aromatic heterocycles. The topological polar surface area (TPSA) is 0 Å². The Hall–Kier alpha value is 2.16. The second kappa shape index (κ2) is 12.2. The van der Waals surface area contributed by atoms with Gasteiger partial charge in [-0.1, -0.05) is 0 Å². The van der Waals surface area contributed by atoms with Gasteiger partial charge in [0.25, 0.3) is 0 Å². The molecule has 0 rings (SSSR count). The Morgan fingerprint density at radius 1 is 0.727 bits per heavy atom. The SMILES string of the molecule is C[S+](C)CCC[S+](C)C.[I-].[I-]. The molecule has 0 amide bonds. The van der Waals surface area contributed by atoms with Crippen LogP contribution in [0.4, 0.5) is 0 Å². The maximum absolute atomic E-state index is 2.32. The Labute approximate surface area is 111 Å². The average molecular weight is 420 g/mol. The summed E-state index contributed by atoms with van der Waals surface area (Å²) in [5, 5.41) is 0. The predicted octanol–water partition coefficient (Wildman–Crippen LogP) is -4.86. The summed E-state index contributed by atoms with van der Waals surface area (Å²) in [7, 11) is 1.34. The van der Waals surface area contributed by atoms with Gasteiger partial charge >= 0.3 is 0 Å². The van der Waals surface area contributed by atoms with Gasteiger partial charge in [0.05, 0.1) is 25.0 Å². The van der Waals surface area contributed by atoms with Gasteiger partial charge in [0.1, 0.15) is 11.5 Å². The van der Waals surface area contributed by atoms with E-state index >= 15 is 0 Å². The lowest BCUT2D eigenvalue weighted by Crippen LogP contribution is -3.00. The summed E-state index contributed by atoms with van der Waals surface area (Å²) < 4.78 is 0. The van der Waals surface area contributed by atoms with Crippen LogP contribution in [0.1, 0.15) is 6.42 Å². The zero-order chi connectivity index (χ0) is 7.28. The van der Waals surface area contributed by atoms with Gasteiger partial charge in [-0.2, -0.15) is 0 Å². The third-order valence-electron chi connectivity index (χ3n) is 1.11. The zero-order valence-corrected chi connectivity index (χ0v) is 13.6. The minimum atomic E-state index is 0. The second-order valence-corrected chi connectivity index (χ2v) is 7.49. The predicted molar refractivity (Wildman–Crippen MR) is 52.8 cm³/mol. The highest BCUT2D eigenvalue weighted by atomic mass is 127. The molecule has 72 valence electrons. The van der Waals surface area contributed by atoms with Crippen LogP contribution in [0.25, 0.3) is 0 Å². The first-order valence-electron chi connectivity index (χ1n) is 3.21. The van der Waals surface area contributed by atoms with Crippen LogP contribution < -0.4 is 48.0 Å². The van der Waals surface area contributed by atoms with Crippen molar-refractivity contribution in [2.24, 2.45) is 0 Å². The maximum atomic E-state index is 2.32. The van der Waals surface area contributed by atoms with Gasteiger partial charge in [-0.3, -0.25) is 0 Å². The molecule has 0 aliphatic carbocycles. The Kier molecular flexibility index (Phi) is 20.8. The summed E-state index contributed by atoms with van der Waals surface area (Å²) in [6.45, 7) is 0. The highest BCUT2D eigenvalue weighted by Gasteiger charge is 2.06. The van der Waals surface area contributed by atoms with E-state index in [0.717, 1.165) is 0 Å². The number of halogens is 2. The molecule has 0 saturated heterocycles. The van der Waals surface area contributed by atoms with Crippen LogP contribution in [-0.2, 0) is 21.8 Å². The fraction of sp³-hybridized carbons (Fsp3) is 1.00. The quantitative estimate of drug-likeness (QED) is 0.317. The highest BCUT2D eigenvalue weighted by Crippen LogP contribution is 1.93. The Morgan fingerprint density at radius 3 is 1.18 bits per heavy atom. The minimum Gasteiger partial charge on any atom is -1.00 e. The molecule has 0 aromatic carbocycles. The van der Waals surface area contributed by atoms with Crippen LogP contribution in [0.2, 0.25) is 0 Å². The molecular formula is C7H18I2S2. The van der Waals surface area contributed by atoms with Gasteiger partial charge in [0.2, 0.25) is 0 Å². The maximum Gasteiger partial charge on any atom is 0.112 e. The van der Waals surface area contributed by atoms with E-state index in [1.807, 2.05) is 0 Å². The van der Waals surface area contributed by atoms with Crippen molar-refractivity contribution in [2.75, 3.05) is 36.5 Å². The largest absolute Gasteiger partial charge is 1.00 e. The molecule has 0 saturated carbocycles. The molecule has 0 N–H and O–H groups in total.